The van der Waals surface area contributed by atoms with Crippen LogP contribution in [0.25, 0.3) is 11.0 Å². The summed E-state index contributed by atoms with van der Waals surface area (Å²) in [6.45, 7) is 4.75. The van der Waals surface area contributed by atoms with E-state index in [1.807, 2.05) is 13.8 Å². The molecule has 1 unspecified atom stereocenters. The Labute approximate surface area is 211 Å². The van der Waals surface area contributed by atoms with E-state index in [4.69, 9.17) is 25.5 Å². The number of nitrogens with zero attached hydrogens (tertiary/aromatic N) is 1. The molecule has 3 aromatic carbocycles. The topological polar surface area (TPSA) is 69.0 Å². The van der Waals surface area contributed by atoms with Gasteiger partial charge in [-0.05, 0) is 67.4 Å². The minimum atomic E-state index is -0.757. The Balaban J connectivity index is 1.71. The van der Waals surface area contributed by atoms with E-state index in [1.165, 1.54) is 18.2 Å². The van der Waals surface area contributed by atoms with Gasteiger partial charge in [0.25, 0.3) is 5.91 Å². The maximum absolute atomic E-state index is 13.7. The molecule has 1 amide bonds. The van der Waals surface area contributed by atoms with Gasteiger partial charge in [0.2, 0.25) is 5.76 Å². The van der Waals surface area contributed by atoms with Crippen molar-refractivity contribution in [3.63, 3.8) is 0 Å². The van der Waals surface area contributed by atoms with E-state index in [2.05, 4.69) is 0 Å². The summed E-state index contributed by atoms with van der Waals surface area (Å²) >= 11 is 6.16. The van der Waals surface area contributed by atoms with Gasteiger partial charge >= 0.3 is 0 Å². The fraction of sp³-hybridized carbons (Fsp3) is 0.214. The molecule has 0 radical (unpaired) electrons. The molecule has 5 rings (SSSR count). The summed E-state index contributed by atoms with van der Waals surface area (Å²) < 4.78 is 31.0. The van der Waals surface area contributed by atoms with Crippen LogP contribution in [-0.2, 0) is 6.54 Å². The Morgan fingerprint density at radius 2 is 1.67 bits per heavy atom. The predicted octanol–water partition coefficient (Wildman–Crippen LogP) is 6.13. The van der Waals surface area contributed by atoms with Crippen LogP contribution in [0, 0.1) is 5.82 Å². The Morgan fingerprint density at radius 3 is 2.39 bits per heavy atom. The number of hydrogen-bond donors (Lipinski definition) is 0. The lowest BCUT2D eigenvalue weighted by atomic mass is 9.97. The molecule has 0 saturated heterocycles. The van der Waals surface area contributed by atoms with Gasteiger partial charge in [-0.15, -0.1) is 0 Å². The summed E-state index contributed by atoms with van der Waals surface area (Å²) in [4.78, 5) is 28.9. The van der Waals surface area contributed by atoms with Crippen LogP contribution in [0.3, 0.4) is 0 Å². The molecule has 0 bridgehead atoms. The zero-order chi connectivity index (χ0) is 25.4. The summed E-state index contributed by atoms with van der Waals surface area (Å²) in [7, 11) is 0. The Morgan fingerprint density at radius 1 is 0.944 bits per heavy atom. The van der Waals surface area contributed by atoms with Crippen molar-refractivity contribution < 1.29 is 23.1 Å². The molecule has 6 nitrogen and oxygen atoms in total. The highest BCUT2D eigenvalue weighted by molar-refractivity contribution is 6.31. The SMILES string of the molecule is CCOc1ccc(C2c3c(oc4ccc(Cl)cc4c3=O)C(=O)N2Cc2ccc(F)cc2)cc1OCC. The molecule has 1 aromatic heterocycles. The summed E-state index contributed by atoms with van der Waals surface area (Å²) in [5, 5.41) is 0.678. The lowest BCUT2D eigenvalue weighted by Gasteiger charge is -2.26. The van der Waals surface area contributed by atoms with Gasteiger partial charge < -0.3 is 18.8 Å². The molecule has 1 aliphatic rings. The molecule has 8 heteroatoms. The van der Waals surface area contributed by atoms with Crippen LogP contribution in [0.4, 0.5) is 4.39 Å². The van der Waals surface area contributed by atoms with Gasteiger partial charge in [0.15, 0.2) is 16.9 Å². The van der Waals surface area contributed by atoms with E-state index < -0.39 is 11.9 Å². The average Bonchev–Trinajstić information content (AvgIpc) is 3.14. The van der Waals surface area contributed by atoms with Gasteiger partial charge in [-0.3, -0.25) is 9.59 Å². The summed E-state index contributed by atoms with van der Waals surface area (Å²) in [5.74, 6) is 0.246. The van der Waals surface area contributed by atoms with E-state index in [9.17, 15) is 14.0 Å². The van der Waals surface area contributed by atoms with Gasteiger partial charge in [-0.25, -0.2) is 4.39 Å². The Hall–Kier alpha value is -3.84. The van der Waals surface area contributed by atoms with Crippen LogP contribution in [0.15, 0.2) is 69.9 Å². The predicted molar refractivity (Wildman–Crippen MR) is 134 cm³/mol. The van der Waals surface area contributed by atoms with Gasteiger partial charge in [-0.2, -0.15) is 0 Å². The molecule has 0 saturated carbocycles. The summed E-state index contributed by atoms with van der Waals surface area (Å²) in [5.41, 5.74) is 1.54. The molecule has 36 heavy (non-hydrogen) atoms. The fourth-order valence-electron chi connectivity index (χ4n) is 4.53. The Bertz CT molecular complexity index is 1520. The number of benzene rings is 3. The van der Waals surface area contributed by atoms with Gasteiger partial charge in [0.05, 0.1) is 30.2 Å². The number of hydrogen-bond acceptors (Lipinski definition) is 5. The van der Waals surface area contributed by atoms with Crippen molar-refractivity contribution in [1.29, 1.82) is 0 Å². The van der Waals surface area contributed by atoms with E-state index in [1.54, 1.807) is 47.4 Å². The minimum absolute atomic E-state index is 0.0196. The average molecular weight is 508 g/mol. The van der Waals surface area contributed by atoms with E-state index in [0.717, 1.165) is 0 Å². The van der Waals surface area contributed by atoms with Crippen LogP contribution in [0.1, 0.15) is 47.1 Å². The fourth-order valence-corrected chi connectivity index (χ4v) is 4.70. The van der Waals surface area contributed by atoms with Crippen molar-refractivity contribution in [2.45, 2.75) is 26.4 Å². The number of rotatable bonds is 7. The molecule has 4 aromatic rings. The Kier molecular flexibility index (Phi) is 6.41. The molecular weight excluding hydrogens is 485 g/mol. The van der Waals surface area contributed by atoms with Crippen molar-refractivity contribution >= 4 is 28.5 Å². The standard InChI is InChI=1S/C28H23ClFNO5/c1-3-34-22-11-7-17(13-23(22)35-4-2)25-24-26(32)20-14-18(29)8-12-21(20)36-27(24)28(33)31(25)15-16-5-9-19(30)10-6-16/h5-14,25H,3-4,15H2,1-2H3. The van der Waals surface area contributed by atoms with Crippen LogP contribution < -0.4 is 14.9 Å². The molecule has 0 fully saturated rings. The molecule has 0 aliphatic carbocycles. The molecule has 1 atom stereocenters. The van der Waals surface area contributed by atoms with Crippen LogP contribution in [0.5, 0.6) is 11.5 Å². The number of halogens is 2. The highest BCUT2D eigenvalue weighted by Gasteiger charge is 2.43. The van der Waals surface area contributed by atoms with Crippen molar-refractivity contribution in [3.05, 3.63) is 104 Å². The minimum Gasteiger partial charge on any atom is -0.490 e. The third-order valence-electron chi connectivity index (χ3n) is 6.08. The normalized spacial score (nSPS) is 14.8. The van der Waals surface area contributed by atoms with Gasteiger partial charge in [-0.1, -0.05) is 29.8 Å². The van der Waals surface area contributed by atoms with Crippen molar-refractivity contribution in [2.75, 3.05) is 13.2 Å². The summed E-state index contributed by atoms with van der Waals surface area (Å²) in [6.07, 6.45) is 0. The van der Waals surface area contributed by atoms with Crippen LogP contribution >= 0.6 is 11.6 Å². The van der Waals surface area contributed by atoms with E-state index >= 15 is 0 Å². The first kappa shape index (κ1) is 23.9. The number of amides is 1. The molecular formula is C28H23ClFNO5. The lowest BCUT2D eigenvalue weighted by molar-refractivity contribution is 0.0714. The highest BCUT2D eigenvalue weighted by Crippen LogP contribution is 2.42. The zero-order valence-corrected chi connectivity index (χ0v) is 20.5. The molecule has 1 aliphatic heterocycles. The smallest absolute Gasteiger partial charge is 0.291 e. The molecule has 0 spiro atoms. The maximum atomic E-state index is 13.7. The van der Waals surface area contributed by atoms with E-state index in [0.29, 0.717) is 46.2 Å². The van der Waals surface area contributed by atoms with Gasteiger partial charge in [0.1, 0.15) is 11.4 Å². The maximum Gasteiger partial charge on any atom is 0.291 e. The number of carbonyl (C=O) groups excluding carboxylic acids is 1. The first-order valence-corrected chi connectivity index (χ1v) is 12.0. The third kappa shape index (κ3) is 4.20. The highest BCUT2D eigenvalue weighted by atomic mass is 35.5. The van der Waals surface area contributed by atoms with Gasteiger partial charge in [0, 0.05) is 11.6 Å². The first-order valence-electron chi connectivity index (χ1n) is 11.6. The monoisotopic (exact) mass is 507 g/mol. The first-order chi connectivity index (χ1) is 17.4. The molecule has 0 N–H and O–H groups in total. The van der Waals surface area contributed by atoms with Crippen LogP contribution in [0.2, 0.25) is 5.02 Å². The van der Waals surface area contributed by atoms with E-state index in [-0.39, 0.29) is 34.7 Å². The second kappa shape index (κ2) is 9.66. The van der Waals surface area contributed by atoms with Crippen LogP contribution in [-0.4, -0.2) is 24.0 Å². The quantitative estimate of drug-likeness (QED) is 0.301. The summed E-state index contributed by atoms with van der Waals surface area (Å²) in [6, 6.07) is 15.2. The second-order valence-electron chi connectivity index (χ2n) is 8.35. The molecule has 184 valence electrons. The second-order valence-corrected chi connectivity index (χ2v) is 8.79. The van der Waals surface area contributed by atoms with Crippen molar-refractivity contribution in [1.82, 2.24) is 4.90 Å². The third-order valence-corrected chi connectivity index (χ3v) is 6.31. The van der Waals surface area contributed by atoms with Crippen molar-refractivity contribution in [3.8, 4) is 11.5 Å². The number of ether oxygens (including phenoxy) is 2. The number of fused-ring (bicyclic) bond motifs is 2. The number of carbonyl (C=O) groups is 1. The van der Waals surface area contributed by atoms with Crippen molar-refractivity contribution in [2.24, 2.45) is 0 Å². The molecule has 2 heterocycles. The lowest BCUT2D eigenvalue weighted by Crippen LogP contribution is -2.29. The zero-order valence-electron chi connectivity index (χ0n) is 19.7. The largest absolute Gasteiger partial charge is 0.490 e.